The van der Waals surface area contributed by atoms with Gasteiger partial charge in [-0.2, -0.15) is 0 Å². The van der Waals surface area contributed by atoms with Crippen LogP contribution in [0.1, 0.15) is 0 Å². The Labute approximate surface area is 321 Å². The maximum absolute atomic E-state index is 6.76. The Kier molecular flexibility index (Phi) is 8.52. The molecule has 0 N–H and O–H groups in total. The molecule has 0 fully saturated rings. The first kappa shape index (κ1) is 36.3. The molecule has 2 aromatic heterocycles. The molecule has 0 unspecified atom stereocenters. The third-order valence-electron chi connectivity index (χ3n) is 9.81. The third kappa shape index (κ3) is 4.51. The summed E-state index contributed by atoms with van der Waals surface area (Å²) in [6, 6.07) is 1.55. The number of aromatic nitrogens is 2. The SMILES string of the molecule is [B]c1c(-n2c3c([B])c([B])c([B])c([B])c3c3c([B])c([B])c([B])c([B])c32)cc(-n2c3c([B])c([B])c([B])c([B])c3c3c([B])c([B])c([B])c([B])c32)c([B])c1[B]. The lowest BCUT2D eigenvalue weighted by atomic mass is 9.63. The lowest BCUT2D eigenvalue weighted by Crippen LogP contribution is -2.49. The van der Waals surface area contributed by atoms with Gasteiger partial charge in [-0.1, -0.05) is 54.6 Å². The highest BCUT2D eigenvalue weighted by atomic mass is 15.0. The molecule has 5 aromatic carbocycles. The van der Waals surface area contributed by atoms with Gasteiger partial charge in [0.15, 0.2) is 0 Å². The average Bonchev–Trinajstić information content (AvgIpc) is 3.65. The average molecular weight is 595 g/mol. The monoisotopic (exact) mass is 598 g/mol. The van der Waals surface area contributed by atoms with Crippen LogP contribution in [0.5, 0.6) is 0 Å². The third-order valence-corrected chi connectivity index (χ3v) is 9.81. The predicted molar refractivity (Wildman–Crippen MR) is 237 cm³/mol. The van der Waals surface area contributed by atoms with E-state index in [0.717, 1.165) is 0 Å². The summed E-state index contributed by atoms with van der Waals surface area (Å²) in [6.45, 7) is 0. The Hall–Kier alpha value is -3.07. The lowest BCUT2D eigenvalue weighted by molar-refractivity contribution is 1.16. The zero-order valence-corrected chi connectivity index (χ0v) is 26.9. The van der Waals surface area contributed by atoms with Gasteiger partial charge in [0, 0.05) is 33.4 Å². The number of fused-ring (bicyclic) bond motifs is 6. The van der Waals surface area contributed by atoms with E-state index in [0.29, 0.717) is 0 Å². The van der Waals surface area contributed by atoms with E-state index in [1.165, 1.54) is 9.13 Å². The molecule has 2 heterocycles. The molecule has 188 valence electrons. The smallest absolute Gasteiger partial charge is 0.115 e. The summed E-state index contributed by atoms with van der Waals surface area (Å²) in [7, 11) is 124. The van der Waals surface area contributed by atoms with E-state index in [9.17, 15) is 0 Å². The van der Waals surface area contributed by atoms with E-state index in [-0.39, 0.29) is 159 Å². The second-order valence-corrected chi connectivity index (χ2v) is 12.3. The summed E-state index contributed by atoms with van der Waals surface area (Å²) in [4.78, 5) is 0. The van der Waals surface area contributed by atoms with E-state index < -0.39 is 0 Å². The normalized spacial score (nSPS) is 11.8. The summed E-state index contributed by atoms with van der Waals surface area (Å²) in [5, 5.41) is 1.05. The fraction of sp³-hybridized carbons (Fsp3) is 0. The lowest BCUT2D eigenvalue weighted by Gasteiger charge is -2.25. The Morgan fingerprint density at radius 3 is 0.608 bits per heavy atom. The summed E-state index contributed by atoms with van der Waals surface area (Å²) in [5.74, 6) is 0. The molecule has 0 aliphatic rings. The van der Waals surface area contributed by atoms with Crippen molar-refractivity contribution in [3.63, 3.8) is 0 Å². The highest BCUT2D eigenvalue weighted by molar-refractivity contribution is 6.74. The maximum Gasteiger partial charge on any atom is 0.115 e. The van der Waals surface area contributed by atoms with Crippen molar-refractivity contribution in [2.75, 3.05) is 0 Å². The fourth-order valence-electron chi connectivity index (χ4n) is 6.98. The van der Waals surface area contributed by atoms with Crippen molar-refractivity contribution in [1.29, 1.82) is 0 Å². The molecule has 0 saturated heterocycles. The first-order valence-corrected chi connectivity index (χ1v) is 14.9. The van der Waals surface area contributed by atoms with Crippen LogP contribution in [0.15, 0.2) is 6.07 Å². The van der Waals surface area contributed by atoms with E-state index in [1.54, 1.807) is 6.07 Å². The first-order chi connectivity index (χ1) is 23.8. The molecule has 21 heteroatoms. The van der Waals surface area contributed by atoms with Crippen molar-refractivity contribution in [2.45, 2.75) is 0 Å². The molecular weight excluding hydrogens is 594 g/mol. The van der Waals surface area contributed by atoms with Gasteiger partial charge in [-0.15, -0.1) is 49.2 Å². The van der Waals surface area contributed by atoms with Gasteiger partial charge in [0.25, 0.3) is 0 Å². The van der Waals surface area contributed by atoms with Gasteiger partial charge in [0.1, 0.15) is 149 Å². The summed E-state index contributed by atoms with van der Waals surface area (Å²) in [6.07, 6.45) is 0. The van der Waals surface area contributed by atoms with E-state index in [4.69, 9.17) is 149 Å². The minimum atomic E-state index is -0.0951. The zero-order valence-electron chi connectivity index (χ0n) is 26.9. The maximum atomic E-state index is 6.76. The number of hydrogen-bond donors (Lipinski definition) is 0. The Morgan fingerprint density at radius 1 is 0.216 bits per heavy atom. The minimum Gasteiger partial charge on any atom is -0.311 e. The van der Waals surface area contributed by atoms with Gasteiger partial charge in [-0.05, 0) is 27.6 Å². The summed E-state index contributed by atoms with van der Waals surface area (Å²) >= 11 is 0. The van der Waals surface area contributed by atoms with Gasteiger partial charge in [-0.25, -0.2) is 0 Å². The van der Waals surface area contributed by atoms with Crippen LogP contribution in [0.3, 0.4) is 0 Å². The molecule has 0 bridgehead atoms. The van der Waals surface area contributed by atoms with Crippen LogP contribution < -0.4 is 104 Å². The zero-order chi connectivity index (χ0) is 37.6. The van der Waals surface area contributed by atoms with Gasteiger partial charge in [0.05, 0.1) is 0 Å². The summed E-state index contributed by atoms with van der Waals surface area (Å²) in [5.41, 5.74) is 0.913. The van der Waals surface area contributed by atoms with Crippen molar-refractivity contribution in [2.24, 2.45) is 0 Å². The van der Waals surface area contributed by atoms with Gasteiger partial charge in [0.2, 0.25) is 0 Å². The second-order valence-electron chi connectivity index (χ2n) is 12.3. The van der Waals surface area contributed by atoms with Gasteiger partial charge < -0.3 is 9.13 Å². The molecule has 2 nitrogen and oxygen atoms in total. The molecule has 0 aliphatic heterocycles. The molecule has 0 atom stereocenters. The Morgan fingerprint density at radius 2 is 0.392 bits per heavy atom. The second kappa shape index (κ2) is 12.0. The molecule has 0 spiro atoms. The van der Waals surface area contributed by atoms with Crippen molar-refractivity contribution in [3.05, 3.63) is 6.07 Å². The summed E-state index contributed by atoms with van der Waals surface area (Å²) < 4.78 is 3.06. The Bertz CT molecular complexity index is 2460. The Balaban J connectivity index is 1.80. The molecular formula is C30HB19N2. The van der Waals surface area contributed by atoms with Crippen molar-refractivity contribution < 1.29 is 0 Å². The predicted octanol–water partition coefficient (Wildman–Crippen LogP) is -15.0. The molecule has 38 radical (unpaired) electrons. The molecule has 0 saturated carbocycles. The molecule has 51 heavy (non-hydrogen) atoms. The van der Waals surface area contributed by atoms with Crippen LogP contribution in [0.2, 0.25) is 0 Å². The van der Waals surface area contributed by atoms with Crippen molar-refractivity contribution >= 4 is 296 Å². The van der Waals surface area contributed by atoms with Crippen LogP contribution in [0, 0.1) is 0 Å². The van der Waals surface area contributed by atoms with Gasteiger partial charge >= 0.3 is 0 Å². The van der Waals surface area contributed by atoms with Crippen LogP contribution in [0.25, 0.3) is 55.0 Å². The van der Waals surface area contributed by atoms with Crippen molar-refractivity contribution in [3.8, 4) is 11.4 Å². The quantitative estimate of drug-likeness (QED) is 0.176. The van der Waals surface area contributed by atoms with E-state index >= 15 is 0 Å². The molecule has 7 aromatic rings. The van der Waals surface area contributed by atoms with Crippen LogP contribution in [-0.4, -0.2) is 158 Å². The highest BCUT2D eigenvalue weighted by Gasteiger charge is 2.27. The molecule has 7 rings (SSSR count). The molecule has 0 amide bonds. The number of nitrogens with zero attached hydrogens (tertiary/aromatic N) is 2. The van der Waals surface area contributed by atoms with Crippen LogP contribution in [0.4, 0.5) is 0 Å². The minimum absolute atomic E-state index is 0.00182. The van der Waals surface area contributed by atoms with Gasteiger partial charge in [-0.3, -0.25) is 0 Å². The van der Waals surface area contributed by atoms with E-state index in [2.05, 4.69) is 0 Å². The standard InChI is InChI=1S/C30HB19N2/c31-8-2(50-27-4(10(33)15(38)19(42)23(27)46)5-11(34)16(39)20(43)24(47)28(5)50)1-3(9(32)14(8)37)51-29-6(12(35)17(40)21(44)25(29)48)7-13(36)18(41)22(45)26(49)30(7)51/h1H. The van der Waals surface area contributed by atoms with Crippen LogP contribution in [-0.2, 0) is 0 Å². The number of rotatable bonds is 2. The first-order valence-electron chi connectivity index (χ1n) is 14.9. The fourth-order valence-corrected chi connectivity index (χ4v) is 6.98. The van der Waals surface area contributed by atoms with Crippen LogP contribution >= 0.6 is 0 Å². The number of benzene rings is 5. The highest BCUT2D eigenvalue weighted by Crippen LogP contribution is 2.29. The number of hydrogen-bond acceptors (Lipinski definition) is 0. The largest absolute Gasteiger partial charge is 0.311 e. The molecule has 0 aliphatic carbocycles. The topological polar surface area (TPSA) is 9.86 Å². The van der Waals surface area contributed by atoms with E-state index in [1.807, 2.05) is 0 Å². The van der Waals surface area contributed by atoms with Crippen molar-refractivity contribution in [1.82, 2.24) is 9.13 Å².